The largest absolute Gasteiger partial charge is 0.121 e. The van der Waals surface area contributed by atoms with Gasteiger partial charge in [-0.2, -0.15) is 0 Å². The van der Waals surface area contributed by atoms with E-state index in [0.29, 0.717) is 10.9 Å². The molecule has 0 aromatic heterocycles. The van der Waals surface area contributed by atoms with Crippen molar-refractivity contribution >= 4 is 23.2 Å². The van der Waals surface area contributed by atoms with Crippen LogP contribution in [0.4, 0.5) is 0 Å². The normalized spacial score (nSPS) is 12.2. The monoisotopic (exact) mass is 124 g/mol. The Morgan fingerprint density at radius 2 is 2.33 bits per heavy atom. The third-order valence-corrected chi connectivity index (χ3v) is 1.22. The predicted octanol–water partition coefficient (Wildman–Crippen LogP) is 2.37. The van der Waals surface area contributed by atoms with Crippen LogP contribution >= 0.6 is 23.2 Å². The fraction of sp³-hybridized carbons (Fsp3) is 0.500. The molecule has 0 saturated carbocycles. The lowest BCUT2D eigenvalue weighted by atomic mass is 10.6. The van der Waals surface area contributed by atoms with Crippen molar-refractivity contribution in [1.82, 2.24) is 0 Å². The van der Waals surface area contributed by atoms with Gasteiger partial charge in [-0.25, -0.2) is 0 Å². The van der Waals surface area contributed by atoms with Crippen molar-refractivity contribution in [2.45, 2.75) is 6.92 Å². The first-order valence-electron chi connectivity index (χ1n) is 1.68. The molecule has 0 spiro atoms. The first-order chi connectivity index (χ1) is 2.81. The lowest BCUT2D eigenvalue weighted by molar-refractivity contribution is 1.59. The minimum absolute atomic E-state index is 0.429. The average molecular weight is 125 g/mol. The molecular formula is C4H6Cl2. The van der Waals surface area contributed by atoms with E-state index in [4.69, 9.17) is 23.2 Å². The molecule has 0 radical (unpaired) electrons. The maximum atomic E-state index is 5.38. The van der Waals surface area contributed by atoms with Crippen LogP contribution in [0.3, 0.4) is 0 Å². The Balaban J connectivity index is 3.22. The van der Waals surface area contributed by atoms with Crippen LogP contribution in [0, 0.1) is 0 Å². The highest BCUT2D eigenvalue weighted by atomic mass is 35.5. The first-order valence-corrected chi connectivity index (χ1v) is 2.59. The van der Waals surface area contributed by atoms with Gasteiger partial charge in [0.25, 0.3) is 0 Å². The summed E-state index contributed by atoms with van der Waals surface area (Å²) in [4.78, 5) is 0. The Morgan fingerprint density at radius 1 is 1.83 bits per heavy atom. The van der Waals surface area contributed by atoms with Gasteiger partial charge < -0.3 is 0 Å². The van der Waals surface area contributed by atoms with E-state index < -0.39 is 0 Å². The van der Waals surface area contributed by atoms with Crippen LogP contribution in [-0.4, -0.2) is 5.88 Å². The summed E-state index contributed by atoms with van der Waals surface area (Å²) in [6.45, 7) is 1.85. The first kappa shape index (κ1) is 6.32. The van der Waals surface area contributed by atoms with Crippen LogP contribution in [0.2, 0.25) is 0 Å². The SMILES string of the molecule is CC=C(Cl)CCl. The smallest absolute Gasteiger partial charge is 0.0578 e. The summed E-state index contributed by atoms with van der Waals surface area (Å²) in [5.74, 6) is 0.429. The minimum atomic E-state index is 0.429. The van der Waals surface area contributed by atoms with Crippen molar-refractivity contribution in [2.75, 3.05) is 5.88 Å². The van der Waals surface area contributed by atoms with Crippen LogP contribution in [0.1, 0.15) is 6.92 Å². The molecule has 0 unspecified atom stereocenters. The molecule has 0 aliphatic rings. The zero-order valence-corrected chi connectivity index (χ0v) is 5.05. The van der Waals surface area contributed by atoms with Crippen LogP contribution in [-0.2, 0) is 0 Å². The molecule has 0 rings (SSSR count). The average Bonchev–Trinajstić information content (AvgIpc) is 1.65. The Morgan fingerprint density at radius 3 is 2.33 bits per heavy atom. The third kappa shape index (κ3) is 2.55. The fourth-order valence-electron chi connectivity index (χ4n) is 0.0772. The molecule has 36 valence electrons. The molecule has 0 aliphatic carbocycles. The zero-order valence-electron chi connectivity index (χ0n) is 3.54. The number of alkyl halides is 1. The third-order valence-electron chi connectivity index (χ3n) is 0.441. The van der Waals surface area contributed by atoms with Gasteiger partial charge in [-0.3, -0.25) is 0 Å². The molecule has 2 heteroatoms. The Kier molecular flexibility index (Phi) is 3.70. The van der Waals surface area contributed by atoms with E-state index in [1.165, 1.54) is 0 Å². The molecule has 0 heterocycles. The van der Waals surface area contributed by atoms with Crippen molar-refractivity contribution < 1.29 is 0 Å². The Hall–Kier alpha value is 0.320. The van der Waals surface area contributed by atoms with Crippen LogP contribution in [0.5, 0.6) is 0 Å². The lowest BCUT2D eigenvalue weighted by Crippen LogP contribution is -1.65. The van der Waals surface area contributed by atoms with E-state index in [1.807, 2.05) is 6.92 Å². The molecule has 6 heavy (non-hydrogen) atoms. The Bertz CT molecular complexity index is 56.6. The highest BCUT2D eigenvalue weighted by Crippen LogP contribution is 2.00. The topological polar surface area (TPSA) is 0 Å². The summed E-state index contributed by atoms with van der Waals surface area (Å²) in [6.07, 6.45) is 1.77. The molecule has 0 fully saturated rings. The van der Waals surface area contributed by atoms with Gasteiger partial charge in [-0.1, -0.05) is 17.7 Å². The van der Waals surface area contributed by atoms with Crippen molar-refractivity contribution in [3.05, 3.63) is 11.1 Å². The van der Waals surface area contributed by atoms with Crippen molar-refractivity contribution in [1.29, 1.82) is 0 Å². The summed E-state index contributed by atoms with van der Waals surface area (Å²) in [5, 5.41) is 0.705. The minimum Gasteiger partial charge on any atom is -0.121 e. The standard InChI is InChI=1S/C4H6Cl2/c1-2-4(6)3-5/h2H,3H2,1H3. The van der Waals surface area contributed by atoms with E-state index >= 15 is 0 Å². The van der Waals surface area contributed by atoms with Crippen molar-refractivity contribution in [3.63, 3.8) is 0 Å². The number of allylic oxidation sites excluding steroid dienone is 2. The van der Waals surface area contributed by atoms with Gasteiger partial charge in [0.15, 0.2) is 0 Å². The molecule has 0 N–H and O–H groups in total. The number of hydrogen-bond acceptors (Lipinski definition) is 0. The molecular weight excluding hydrogens is 119 g/mol. The van der Waals surface area contributed by atoms with E-state index in [9.17, 15) is 0 Å². The number of rotatable bonds is 1. The van der Waals surface area contributed by atoms with Gasteiger partial charge in [-0.15, -0.1) is 11.6 Å². The van der Waals surface area contributed by atoms with E-state index in [0.717, 1.165) is 0 Å². The van der Waals surface area contributed by atoms with Gasteiger partial charge >= 0.3 is 0 Å². The van der Waals surface area contributed by atoms with Gasteiger partial charge in [-0.05, 0) is 6.92 Å². The van der Waals surface area contributed by atoms with Gasteiger partial charge in [0.2, 0.25) is 0 Å². The molecule has 0 atom stereocenters. The summed E-state index contributed by atoms with van der Waals surface area (Å²) in [5.41, 5.74) is 0. The lowest BCUT2D eigenvalue weighted by Gasteiger charge is -1.79. The predicted molar refractivity (Wildman–Crippen MR) is 30.3 cm³/mol. The molecule has 0 saturated heterocycles. The highest BCUT2D eigenvalue weighted by molar-refractivity contribution is 6.35. The van der Waals surface area contributed by atoms with Crippen molar-refractivity contribution in [2.24, 2.45) is 0 Å². The fourth-order valence-corrected chi connectivity index (χ4v) is 0.231. The van der Waals surface area contributed by atoms with E-state index in [2.05, 4.69) is 0 Å². The van der Waals surface area contributed by atoms with Crippen molar-refractivity contribution in [3.8, 4) is 0 Å². The van der Waals surface area contributed by atoms with E-state index in [-0.39, 0.29) is 0 Å². The second-order valence-corrected chi connectivity index (χ2v) is 1.62. The molecule has 0 aliphatic heterocycles. The molecule has 0 aromatic carbocycles. The van der Waals surface area contributed by atoms with Crippen LogP contribution in [0.15, 0.2) is 11.1 Å². The molecule has 0 bridgehead atoms. The number of halogens is 2. The maximum Gasteiger partial charge on any atom is 0.0578 e. The quantitative estimate of drug-likeness (QED) is 0.472. The summed E-state index contributed by atoms with van der Waals surface area (Å²) in [7, 11) is 0. The van der Waals surface area contributed by atoms with Crippen LogP contribution in [0.25, 0.3) is 0 Å². The molecule has 0 amide bonds. The van der Waals surface area contributed by atoms with Crippen LogP contribution < -0.4 is 0 Å². The number of hydrogen-bond donors (Lipinski definition) is 0. The second-order valence-electron chi connectivity index (χ2n) is 0.869. The van der Waals surface area contributed by atoms with Gasteiger partial charge in [0.05, 0.1) is 5.88 Å². The highest BCUT2D eigenvalue weighted by Gasteiger charge is 1.78. The summed E-state index contributed by atoms with van der Waals surface area (Å²) >= 11 is 10.6. The molecule has 0 aromatic rings. The van der Waals surface area contributed by atoms with Gasteiger partial charge in [0, 0.05) is 5.03 Å². The zero-order chi connectivity index (χ0) is 4.99. The van der Waals surface area contributed by atoms with Gasteiger partial charge in [0.1, 0.15) is 0 Å². The summed E-state index contributed by atoms with van der Waals surface area (Å²) < 4.78 is 0. The summed E-state index contributed by atoms with van der Waals surface area (Å²) in [6, 6.07) is 0. The second kappa shape index (κ2) is 3.51. The van der Waals surface area contributed by atoms with E-state index in [1.54, 1.807) is 6.08 Å². The maximum absolute atomic E-state index is 5.38. The Labute approximate surface area is 47.8 Å². The molecule has 0 nitrogen and oxygen atoms in total.